The van der Waals surface area contributed by atoms with Gasteiger partial charge in [0.15, 0.2) is 17.7 Å². The molecule has 0 unspecified atom stereocenters. The van der Waals surface area contributed by atoms with Gasteiger partial charge in [0.05, 0.1) is 4.88 Å². The summed E-state index contributed by atoms with van der Waals surface area (Å²) in [4.78, 5) is 5.10. The average Bonchev–Trinajstić information content (AvgIpc) is 2.72. The van der Waals surface area contributed by atoms with E-state index in [9.17, 15) is 0 Å². The Morgan fingerprint density at radius 2 is 1.94 bits per heavy atom. The van der Waals surface area contributed by atoms with Gasteiger partial charge in [0.2, 0.25) is 0 Å². The fourth-order valence-electron chi connectivity index (χ4n) is 1.74. The lowest BCUT2D eigenvalue weighted by molar-refractivity contribution is -0.382. The molecule has 1 aliphatic heterocycles. The Hall–Kier alpha value is -1.43. The number of aromatic nitrogens is 1. The molecule has 1 aliphatic rings. The zero-order valence-electron chi connectivity index (χ0n) is 9.29. The molecule has 0 aliphatic carbocycles. The molecule has 4 nitrogen and oxygen atoms in total. The van der Waals surface area contributed by atoms with Gasteiger partial charge in [-0.2, -0.15) is 0 Å². The van der Waals surface area contributed by atoms with E-state index in [-0.39, 0.29) is 12.6 Å². The first-order chi connectivity index (χ1) is 8.22. The molecular formula is C12H12N2O2S. The molecule has 1 fully saturated rings. The fraction of sp³-hybridized carbons (Fsp3) is 0.250. The van der Waals surface area contributed by atoms with Crippen LogP contribution in [0.15, 0.2) is 30.5 Å². The third-order valence-electron chi connectivity index (χ3n) is 2.62. The van der Waals surface area contributed by atoms with Crippen molar-refractivity contribution in [2.24, 2.45) is 0 Å². The molecular weight excluding hydrogens is 236 g/mol. The highest BCUT2D eigenvalue weighted by Crippen LogP contribution is 2.33. The monoisotopic (exact) mass is 248 g/mol. The molecule has 17 heavy (non-hydrogen) atoms. The Morgan fingerprint density at radius 1 is 1.24 bits per heavy atom. The van der Waals surface area contributed by atoms with Crippen molar-refractivity contribution >= 4 is 16.5 Å². The molecule has 2 heterocycles. The second-order valence-corrected chi connectivity index (χ2v) is 4.92. The molecule has 0 saturated carbocycles. The quantitative estimate of drug-likeness (QED) is 0.887. The normalized spacial score (nSPS) is 23.4. The van der Waals surface area contributed by atoms with E-state index < -0.39 is 0 Å². The van der Waals surface area contributed by atoms with Gasteiger partial charge in [-0.25, -0.2) is 4.98 Å². The van der Waals surface area contributed by atoms with E-state index in [2.05, 4.69) is 4.98 Å². The zero-order valence-corrected chi connectivity index (χ0v) is 10.1. The van der Waals surface area contributed by atoms with Crippen LogP contribution in [0.3, 0.4) is 0 Å². The van der Waals surface area contributed by atoms with Crippen LogP contribution >= 0.6 is 11.3 Å². The van der Waals surface area contributed by atoms with E-state index in [1.54, 1.807) is 6.20 Å². The number of hydrogen-bond acceptors (Lipinski definition) is 5. The second-order valence-electron chi connectivity index (χ2n) is 3.86. The molecule has 1 saturated heterocycles. The summed E-state index contributed by atoms with van der Waals surface area (Å²) >= 11 is 1.48. The highest BCUT2D eigenvalue weighted by Gasteiger charge is 2.28. The molecule has 5 heteroatoms. The minimum atomic E-state index is -0.217. The summed E-state index contributed by atoms with van der Waals surface area (Å²) in [5.74, 6) is 0. The van der Waals surface area contributed by atoms with Gasteiger partial charge in [0, 0.05) is 11.8 Å². The zero-order chi connectivity index (χ0) is 11.8. The second kappa shape index (κ2) is 4.10. The number of hydrogen-bond donors (Lipinski definition) is 1. The maximum atomic E-state index is 5.61. The van der Waals surface area contributed by atoms with Gasteiger partial charge in [0.1, 0.15) is 0 Å². The van der Waals surface area contributed by atoms with Gasteiger partial charge in [0.25, 0.3) is 0 Å². The smallest absolute Gasteiger partial charge is 0.189 e. The number of nitrogens with zero attached hydrogens (tertiary/aromatic N) is 1. The van der Waals surface area contributed by atoms with Gasteiger partial charge < -0.3 is 15.2 Å². The molecule has 0 radical (unpaired) electrons. The molecule has 1 aromatic carbocycles. The minimum Gasteiger partial charge on any atom is -0.375 e. The number of benzene rings is 1. The summed E-state index contributed by atoms with van der Waals surface area (Å²) in [6.45, 7) is 1.88. The summed E-state index contributed by atoms with van der Waals surface area (Å²) in [6.07, 6.45) is 1.47. The van der Waals surface area contributed by atoms with Crippen LogP contribution in [0.1, 0.15) is 18.8 Å². The molecule has 0 atom stereocenters. The summed E-state index contributed by atoms with van der Waals surface area (Å²) in [5.41, 5.74) is 7.75. The molecule has 88 valence electrons. The number of rotatable bonds is 2. The van der Waals surface area contributed by atoms with Crippen LogP contribution in [-0.4, -0.2) is 11.3 Å². The molecule has 3 rings (SSSR count). The van der Waals surface area contributed by atoms with Crippen LogP contribution in [0.2, 0.25) is 0 Å². The molecule has 0 amide bonds. The minimum absolute atomic E-state index is 0.0963. The van der Waals surface area contributed by atoms with E-state index in [1.165, 1.54) is 11.3 Å². The highest BCUT2D eigenvalue weighted by atomic mass is 32.1. The van der Waals surface area contributed by atoms with Gasteiger partial charge in [-0.15, -0.1) is 0 Å². The lowest BCUT2D eigenvalue weighted by atomic mass is 10.1. The third kappa shape index (κ3) is 2.04. The number of thiazole rings is 1. The van der Waals surface area contributed by atoms with Crippen molar-refractivity contribution < 1.29 is 9.47 Å². The Labute approximate surface area is 103 Å². The molecule has 2 aromatic rings. The molecule has 0 bridgehead atoms. The van der Waals surface area contributed by atoms with Crippen molar-refractivity contribution in [2.75, 3.05) is 5.73 Å². The van der Waals surface area contributed by atoms with E-state index in [0.29, 0.717) is 5.13 Å². The fourth-order valence-corrected chi connectivity index (χ4v) is 2.43. The highest BCUT2D eigenvalue weighted by molar-refractivity contribution is 7.18. The number of nitrogen functional groups attached to an aromatic ring is 1. The van der Waals surface area contributed by atoms with Crippen LogP contribution in [0.4, 0.5) is 5.13 Å². The lowest BCUT2D eigenvalue weighted by Crippen LogP contribution is -2.31. The first kappa shape index (κ1) is 10.7. The van der Waals surface area contributed by atoms with Crippen molar-refractivity contribution in [2.45, 2.75) is 19.5 Å². The van der Waals surface area contributed by atoms with Crippen LogP contribution in [0.5, 0.6) is 0 Å². The molecule has 1 aromatic heterocycles. The first-order valence-electron chi connectivity index (χ1n) is 5.35. The molecule has 0 spiro atoms. The van der Waals surface area contributed by atoms with E-state index >= 15 is 0 Å². The average molecular weight is 248 g/mol. The van der Waals surface area contributed by atoms with Crippen molar-refractivity contribution in [1.82, 2.24) is 4.98 Å². The summed E-state index contributed by atoms with van der Waals surface area (Å²) in [5, 5.41) is 0.587. The maximum Gasteiger partial charge on any atom is 0.189 e. The van der Waals surface area contributed by atoms with Gasteiger partial charge >= 0.3 is 0 Å². The van der Waals surface area contributed by atoms with Crippen LogP contribution in [0, 0.1) is 0 Å². The van der Waals surface area contributed by atoms with E-state index in [4.69, 9.17) is 15.2 Å². The Morgan fingerprint density at radius 3 is 2.47 bits per heavy atom. The topological polar surface area (TPSA) is 57.4 Å². The van der Waals surface area contributed by atoms with Gasteiger partial charge in [-0.1, -0.05) is 35.6 Å². The van der Waals surface area contributed by atoms with Crippen molar-refractivity contribution in [3.05, 3.63) is 36.0 Å². The number of nitrogens with two attached hydrogens (primary N) is 1. The van der Waals surface area contributed by atoms with Crippen LogP contribution in [0.25, 0.3) is 10.4 Å². The predicted molar refractivity (Wildman–Crippen MR) is 66.3 cm³/mol. The third-order valence-corrected chi connectivity index (χ3v) is 3.50. The van der Waals surface area contributed by atoms with Crippen molar-refractivity contribution in [3.8, 4) is 10.4 Å². The van der Waals surface area contributed by atoms with Crippen molar-refractivity contribution in [3.63, 3.8) is 0 Å². The Bertz CT molecular complexity index is 518. The standard InChI is InChI=1S/C12H12N2O2S/c1-7-15-11(16-7)9-4-2-8(3-5-9)10-6-14-12(13)17-10/h2-7,11H,1H3,(H2,13,14). The van der Waals surface area contributed by atoms with Crippen LogP contribution in [-0.2, 0) is 9.47 Å². The number of anilines is 1. The number of ether oxygens (including phenoxy) is 2. The summed E-state index contributed by atoms with van der Waals surface area (Å²) in [7, 11) is 0. The molecule has 2 N–H and O–H groups in total. The van der Waals surface area contributed by atoms with Crippen LogP contribution < -0.4 is 5.73 Å². The van der Waals surface area contributed by atoms with Crippen molar-refractivity contribution in [1.29, 1.82) is 0 Å². The Balaban J connectivity index is 1.80. The largest absolute Gasteiger partial charge is 0.375 e. The van der Waals surface area contributed by atoms with Gasteiger partial charge in [-0.05, 0) is 12.5 Å². The summed E-state index contributed by atoms with van der Waals surface area (Å²) in [6, 6.07) is 8.06. The lowest BCUT2D eigenvalue weighted by Gasteiger charge is -2.33. The van der Waals surface area contributed by atoms with Gasteiger partial charge in [-0.3, -0.25) is 0 Å². The maximum absolute atomic E-state index is 5.61. The predicted octanol–water partition coefficient (Wildman–Crippen LogP) is 2.78. The SMILES string of the molecule is CC1OC(c2ccc(-c3cnc(N)s3)cc2)O1. The Kier molecular flexibility index (Phi) is 2.58. The van der Waals surface area contributed by atoms with E-state index in [1.807, 2.05) is 31.2 Å². The first-order valence-corrected chi connectivity index (χ1v) is 6.16. The summed E-state index contributed by atoms with van der Waals surface area (Å²) < 4.78 is 10.8. The van der Waals surface area contributed by atoms with E-state index in [0.717, 1.165) is 16.0 Å².